The third-order valence-electron chi connectivity index (χ3n) is 5.93. The molecule has 0 bridgehead atoms. The zero-order valence-electron chi connectivity index (χ0n) is 22.1. The summed E-state index contributed by atoms with van der Waals surface area (Å²) in [5.41, 5.74) is 11.2. The first-order chi connectivity index (χ1) is 19.2. The molecule has 5 aromatic carbocycles. The minimum atomic E-state index is 0.296. The molecule has 0 aliphatic carbocycles. The van der Waals surface area contributed by atoms with Crippen LogP contribution in [0.2, 0.25) is 0 Å². The molecule has 1 N–H and O–H groups in total. The van der Waals surface area contributed by atoms with Crippen molar-refractivity contribution >= 4 is 29.0 Å². The van der Waals surface area contributed by atoms with Gasteiger partial charge in [-0.15, -0.1) is 0 Å². The van der Waals surface area contributed by atoms with E-state index in [2.05, 4.69) is 150 Å². The fraction of sp³-hybridized carbons (Fsp3) is 0.0882. The minimum absolute atomic E-state index is 0.296. The van der Waals surface area contributed by atoms with Gasteiger partial charge in [-0.3, -0.25) is 0 Å². The second kappa shape index (κ2) is 17.0. The van der Waals surface area contributed by atoms with E-state index in [0.717, 1.165) is 0 Å². The van der Waals surface area contributed by atoms with Crippen molar-refractivity contribution in [3.8, 4) is 44.5 Å². The molecule has 5 heteroatoms. The molecule has 39 heavy (non-hydrogen) atoms. The van der Waals surface area contributed by atoms with Crippen molar-refractivity contribution in [2.75, 3.05) is 5.32 Å². The van der Waals surface area contributed by atoms with E-state index in [0.29, 0.717) is 6.04 Å². The fourth-order valence-electron chi connectivity index (χ4n) is 4.63. The molecular formula is C34H32ClNO2Ru. The fourth-order valence-corrected chi connectivity index (χ4v) is 4.63. The third kappa shape index (κ3) is 7.66. The van der Waals surface area contributed by atoms with Crippen LogP contribution in [0.3, 0.4) is 0 Å². The predicted octanol–water partition coefficient (Wildman–Crippen LogP) is 9.21. The Bertz CT molecular complexity index is 1270. The summed E-state index contributed by atoms with van der Waals surface area (Å²) in [6, 6.07) is 43.4. The molecule has 0 atom stereocenters. The molecule has 0 radical (unpaired) electrons. The number of nitrogens with one attached hydrogen (secondary N) is 1. The Balaban J connectivity index is 0.000000833. The van der Waals surface area contributed by atoms with E-state index in [9.17, 15) is 0 Å². The maximum absolute atomic E-state index is 8.00. The van der Waals surface area contributed by atoms with Crippen LogP contribution in [0, 0.1) is 0 Å². The zero-order chi connectivity index (χ0) is 28.6. The third-order valence-corrected chi connectivity index (χ3v) is 5.93. The van der Waals surface area contributed by atoms with Crippen LogP contribution in [-0.4, -0.2) is 19.6 Å². The van der Waals surface area contributed by atoms with Crippen molar-refractivity contribution in [3.63, 3.8) is 0 Å². The van der Waals surface area contributed by atoms with Crippen LogP contribution in [0.15, 0.2) is 121 Å². The van der Waals surface area contributed by atoms with Crippen molar-refractivity contribution in [2.45, 2.75) is 19.9 Å². The summed E-state index contributed by atoms with van der Waals surface area (Å²) in [7, 11) is 4.57. The number of carbonyl (C=O) groups is 2. The number of hydrogen-bond donors (Lipinski definition) is 1. The van der Waals surface area contributed by atoms with Gasteiger partial charge in [0.2, 0.25) is 0 Å². The van der Waals surface area contributed by atoms with E-state index in [1.54, 1.807) is 0 Å². The molecule has 0 aliphatic heterocycles. The predicted molar refractivity (Wildman–Crippen MR) is 163 cm³/mol. The Labute approximate surface area is 246 Å². The molecule has 0 heterocycles. The van der Waals surface area contributed by atoms with Gasteiger partial charge in [-0.25, -0.2) is 0 Å². The van der Waals surface area contributed by atoms with Crippen LogP contribution < -0.4 is 5.32 Å². The molecule has 0 aromatic heterocycles. The quantitative estimate of drug-likeness (QED) is 0.152. The molecule has 0 unspecified atom stereocenters. The van der Waals surface area contributed by atoms with E-state index in [-0.39, 0.29) is 0 Å². The first kappa shape index (κ1) is 31.5. The van der Waals surface area contributed by atoms with Gasteiger partial charge in [-0.1, -0.05) is 166 Å². The molecular weight excluding hydrogens is 591 g/mol. The summed E-state index contributed by atoms with van der Waals surface area (Å²) in [6.45, 7) is 8.42. The van der Waals surface area contributed by atoms with E-state index in [1.165, 1.54) is 50.2 Å². The molecule has 0 saturated carbocycles. The van der Waals surface area contributed by atoms with Gasteiger partial charge in [-0.2, -0.15) is 0 Å². The van der Waals surface area contributed by atoms with Crippen molar-refractivity contribution in [3.05, 3.63) is 121 Å². The van der Waals surface area contributed by atoms with E-state index < -0.39 is 0 Å². The summed E-state index contributed by atoms with van der Waals surface area (Å²) in [4.78, 5) is 16.0. The summed E-state index contributed by atoms with van der Waals surface area (Å²) in [5, 5.41) is 3.84. The van der Waals surface area contributed by atoms with Gasteiger partial charge in [0.25, 0.3) is 0 Å². The molecule has 0 spiro atoms. The van der Waals surface area contributed by atoms with E-state index in [4.69, 9.17) is 9.59 Å². The van der Waals surface area contributed by atoms with Gasteiger partial charge in [0.15, 0.2) is 0 Å². The van der Waals surface area contributed by atoms with Gasteiger partial charge in [0.1, 0.15) is 13.6 Å². The summed E-state index contributed by atoms with van der Waals surface area (Å²) in [5.74, 6) is 0. The van der Waals surface area contributed by atoms with Crippen molar-refractivity contribution in [1.29, 1.82) is 0 Å². The Morgan fingerprint density at radius 3 is 1.05 bits per heavy atom. The first-order valence-corrected chi connectivity index (χ1v) is 14.5. The van der Waals surface area contributed by atoms with Gasteiger partial charge in [0, 0.05) is 6.04 Å². The van der Waals surface area contributed by atoms with Crippen LogP contribution in [0.5, 0.6) is 0 Å². The van der Waals surface area contributed by atoms with E-state index in [1.807, 2.05) is 30.9 Å². The average molecular weight is 623 g/mol. The molecule has 3 nitrogen and oxygen atoms in total. The molecule has 5 rings (SSSR count). The first-order valence-electron chi connectivity index (χ1n) is 12.3. The van der Waals surface area contributed by atoms with Gasteiger partial charge in [-0.05, 0) is 19.5 Å². The molecule has 200 valence electrons. The number of hydrogen-bond acceptors (Lipinski definition) is 3. The molecule has 0 fully saturated rings. The average Bonchev–Trinajstić information content (AvgIpc) is 3.36. The topological polar surface area (TPSA) is 46.2 Å². The molecule has 0 amide bonds. The summed E-state index contributed by atoms with van der Waals surface area (Å²) in [6.07, 6.45) is 0. The number of carbonyl (C=O) groups excluding carboxylic acids is 2. The molecule has 0 saturated heterocycles. The van der Waals surface area contributed by atoms with Crippen LogP contribution in [0.1, 0.15) is 13.8 Å². The second-order valence-corrected chi connectivity index (χ2v) is 8.64. The SMILES string of the molecule is C=O.C=O.CC(C)N[c-]1c(-c2ccccc2)c(-c2ccccc2)c(-c2ccccc2)c1-c1ccccc1.[Cl][Ru+]. The molecule has 0 aliphatic rings. The summed E-state index contributed by atoms with van der Waals surface area (Å²) >= 11 is 1.82. The van der Waals surface area contributed by atoms with Gasteiger partial charge in [0.05, 0.1) is 0 Å². The number of benzene rings is 4. The number of anilines is 1. The van der Waals surface area contributed by atoms with Gasteiger partial charge < -0.3 is 14.9 Å². The van der Waals surface area contributed by atoms with Crippen LogP contribution in [0.25, 0.3) is 44.5 Å². The number of halogens is 1. The Hall–Kier alpha value is -3.72. The van der Waals surface area contributed by atoms with Crippen LogP contribution >= 0.6 is 9.69 Å². The molecule has 5 aromatic rings. The monoisotopic (exact) mass is 623 g/mol. The summed E-state index contributed by atoms with van der Waals surface area (Å²) < 4.78 is 0. The Morgan fingerprint density at radius 1 is 0.538 bits per heavy atom. The zero-order valence-corrected chi connectivity index (χ0v) is 24.6. The normalized spacial score (nSPS) is 9.67. The van der Waals surface area contributed by atoms with Crippen molar-refractivity contribution in [2.24, 2.45) is 0 Å². The second-order valence-electron chi connectivity index (χ2n) is 8.64. The Morgan fingerprint density at radius 2 is 0.795 bits per heavy atom. The van der Waals surface area contributed by atoms with E-state index >= 15 is 0 Å². The van der Waals surface area contributed by atoms with Crippen LogP contribution in [0.4, 0.5) is 5.69 Å². The standard InChI is InChI=1S/C32H28N.2CH2O.ClH.Ru/c1-23(2)33-32-30(26-19-11-5-12-20-26)28(24-15-7-3-8-16-24)29(25-17-9-4-10-18-25)31(32)27-21-13-6-14-22-27;2*1-2;;/h3-23,33H,1-2H3;2*1H2;1H;/q-1;;;;+2/p-1. The van der Waals surface area contributed by atoms with Crippen molar-refractivity contribution < 1.29 is 26.9 Å². The van der Waals surface area contributed by atoms with Crippen LogP contribution in [-0.2, 0) is 26.9 Å². The maximum atomic E-state index is 8.00. The van der Waals surface area contributed by atoms with Crippen molar-refractivity contribution in [1.82, 2.24) is 0 Å². The number of rotatable bonds is 6. The Kier molecular flexibility index (Phi) is 13.7. The van der Waals surface area contributed by atoms with Gasteiger partial charge >= 0.3 is 27.0 Å².